The van der Waals surface area contributed by atoms with Gasteiger partial charge in [-0.2, -0.15) is 0 Å². The lowest BCUT2D eigenvalue weighted by molar-refractivity contribution is 0.0469. The lowest BCUT2D eigenvalue weighted by Crippen LogP contribution is -2.48. The van der Waals surface area contributed by atoms with Gasteiger partial charge >= 0.3 is 6.09 Å². The lowest BCUT2D eigenvalue weighted by atomic mass is 10.1. The number of carbonyl (C=O) groups excluding carboxylic acids is 1. The number of rotatable bonds is 3. The topological polar surface area (TPSA) is 70.2 Å². The van der Waals surface area contributed by atoms with Crippen molar-refractivity contribution >= 4 is 6.09 Å². The summed E-state index contributed by atoms with van der Waals surface area (Å²) >= 11 is 0. The smallest absolute Gasteiger partial charge is 0.407 e. The van der Waals surface area contributed by atoms with Crippen molar-refractivity contribution in [3.63, 3.8) is 0 Å². The fourth-order valence-corrected chi connectivity index (χ4v) is 2.70. The number of imidazole rings is 1. The number of ether oxygens (including phenoxy) is 1. The molecule has 2 rings (SSSR count). The van der Waals surface area contributed by atoms with Gasteiger partial charge in [0.1, 0.15) is 11.4 Å². The number of likely N-dealkylation sites (tertiary alicyclic amines) is 1. The molecule has 1 amide bonds. The molecule has 1 aromatic heterocycles. The molecule has 0 radical (unpaired) electrons. The Labute approximate surface area is 132 Å². The van der Waals surface area contributed by atoms with Gasteiger partial charge in [-0.3, -0.25) is 4.90 Å². The first-order chi connectivity index (χ1) is 10.2. The number of carbonyl (C=O) groups is 1. The Kier molecular flexibility index (Phi) is 5.11. The highest BCUT2D eigenvalue weighted by Crippen LogP contribution is 2.14. The van der Waals surface area contributed by atoms with E-state index in [4.69, 9.17) is 4.74 Å². The summed E-state index contributed by atoms with van der Waals surface area (Å²) in [6, 6.07) is 0.140. The molecule has 2 N–H and O–H groups in total. The van der Waals surface area contributed by atoms with Gasteiger partial charge < -0.3 is 15.0 Å². The standard InChI is InChI=1S/C16H28N4O2/c1-11-12(2)18-14(17-11)10-20-8-6-7-13(9-20)19-15(21)22-16(3,4)5/h13H,6-10H2,1-5H3,(H,17,18)(H,19,21)/t13-/m1/s1. The largest absolute Gasteiger partial charge is 0.444 e. The Balaban J connectivity index is 1.85. The molecule has 0 aromatic carbocycles. The summed E-state index contributed by atoms with van der Waals surface area (Å²) < 4.78 is 5.33. The molecule has 1 saturated heterocycles. The highest BCUT2D eigenvalue weighted by atomic mass is 16.6. The minimum atomic E-state index is -0.457. The third kappa shape index (κ3) is 5.02. The zero-order valence-electron chi connectivity index (χ0n) is 14.3. The molecule has 0 aliphatic carbocycles. The van der Waals surface area contributed by atoms with E-state index in [9.17, 15) is 4.79 Å². The first-order valence-electron chi connectivity index (χ1n) is 7.97. The highest BCUT2D eigenvalue weighted by molar-refractivity contribution is 5.68. The molecule has 1 aliphatic rings. The van der Waals surface area contributed by atoms with Gasteiger partial charge in [0.15, 0.2) is 0 Å². The third-order valence-electron chi connectivity index (χ3n) is 3.78. The number of H-pyrrole nitrogens is 1. The molecule has 22 heavy (non-hydrogen) atoms. The Bertz CT molecular complexity index is 499. The number of aromatic amines is 1. The van der Waals surface area contributed by atoms with E-state index in [2.05, 4.69) is 20.2 Å². The van der Waals surface area contributed by atoms with E-state index in [1.54, 1.807) is 0 Å². The highest BCUT2D eigenvalue weighted by Gasteiger charge is 2.24. The zero-order chi connectivity index (χ0) is 16.3. The summed E-state index contributed by atoms with van der Waals surface area (Å²) in [5, 5.41) is 2.97. The quantitative estimate of drug-likeness (QED) is 0.900. The number of piperidine rings is 1. The summed E-state index contributed by atoms with van der Waals surface area (Å²) in [6.45, 7) is 12.3. The molecule has 0 saturated carbocycles. The molecule has 1 atom stereocenters. The predicted octanol–water partition coefficient (Wildman–Crippen LogP) is 2.52. The average Bonchev–Trinajstić information content (AvgIpc) is 2.66. The van der Waals surface area contributed by atoms with Crippen LogP contribution in [-0.2, 0) is 11.3 Å². The molecule has 0 spiro atoms. The van der Waals surface area contributed by atoms with Crippen LogP contribution in [0.4, 0.5) is 4.79 Å². The normalized spacial score (nSPS) is 20.0. The van der Waals surface area contributed by atoms with Gasteiger partial charge in [0.25, 0.3) is 0 Å². The van der Waals surface area contributed by atoms with Crippen LogP contribution in [0.1, 0.15) is 50.8 Å². The number of amides is 1. The van der Waals surface area contributed by atoms with Crippen LogP contribution >= 0.6 is 0 Å². The van der Waals surface area contributed by atoms with Gasteiger partial charge in [-0.25, -0.2) is 9.78 Å². The molecule has 1 aliphatic heterocycles. The van der Waals surface area contributed by atoms with Crippen LogP contribution in [-0.4, -0.2) is 45.7 Å². The Morgan fingerprint density at radius 1 is 1.45 bits per heavy atom. The molecule has 1 aromatic rings. The van der Waals surface area contributed by atoms with Crippen LogP contribution in [0.2, 0.25) is 0 Å². The molecule has 6 heteroatoms. The van der Waals surface area contributed by atoms with Gasteiger partial charge in [0.2, 0.25) is 0 Å². The second kappa shape index (κ2) is 6.69. The van der Waals surface area contributed by atoms with E-state index in [-0.39, 0.29) is 12.1 Å². The van der Waals surface area contributed by atoms with Crippen LogP contribution in [0.3, 0.4) is 0 Å². The Morgan fingerprint density at radius 2 is 2.18 bits per heavy atom. The lowest BCUT2D eigenvalue weighted by Gasteiger charge is -2.33. The van der Waals surface area contributed by atoms with Crippen molar-refractivity contribution in [3.05, 3.63) is 17.2 Å². The minimum Gasteiger partial charge on any atom is -0.444 e. The maximum atomic E-state index is 11.9. The van der Waals surface area contributed by atoms with Crippen molar-refractivity contribution in [2.24, 2.45) is 0 Å². The van der Waals surface area contributed by atoms with Gasteiger partial charge in [-0.1, -0.05) is 0 Å². The minimum absolute atomic E-state index is 0.140. The molecule has 124 valence electrons. The first-order valence-corrected chi connectivity index (χ1v) is 7.97. The van der Waals surface area contributed by atoms with Crippen molar-refractivity contribution in [1.29, 1.82) is 0 Å². The van der Waals surface area contributed by atoms with E-state index in [0.717, 1.165) is 49.7 Å². The molecular formula is C16H28N4O2. The van der Waals surface area contributed by atoms with Gasteiger partial charge in [-0.05, 0) is 54.0 Å². The van der Waals surface area contributed by atoms with Crippen molar-refractivity contribution < 1.29 is 9.53 Å². The van der Waals surface area contributed by atoms with Gasteiger partial charge in [-0.15, -0.1) is 0 Å². The zero-order valence-corrected chi connectivity index (χ0v) is 14.3. The van der Waals surface area contributed by atoms with Gasteiger partial charge in [0, 0.05) is 18.3 Å². The van der Waals surface area contributed by atoms with Crippen molar-refractivity contribution in [3.8, 4) is 0 Å². The van der Waals surface area contributed by atoms with Gasteiger partial charge in [0.05, 0.1) is 12.2 Å². The SMILES string of the molecule is Cc1nc(CN2CCC[C@@H](NC(=O)OC(C)(C)C)C2)[nH]c1C. The van der Waals surface area contributed by atoms with Crippen LogP contribution in [0.15, 0.2) is 0 Å². The Morgan fingerprint density at radius 3 is 2.77 bits per heavy atom. The second-order valence-corrected chi connectivity index (χ2v) is 7.11. The summed E-state index contributed by atoms with van der Waals surface area (Å²) in [5.74, 6) is 0.993. The maximum Gasteiger partial charge on any atom is 0.407 e. The number of nitrogens with one attached hydrogen (secondary N) is 2. The van der Waals surface area contributed by atoms with E-state index < -0.39 is 5.60 Å². The summed E-state index contributed by atoms with van der Waals surface area (Å²) in [7, 11) is 0. The predicted molar refractivity (Wildman–Crippen MR) is 85.7 cm³/mol. The van der Waals surface area contributed by atoms with Crippen molar-refractivity contribution in [2.75, 3.05) is 13.1 Å². The van der Waals surface area contributed by atoms with E-state index in [1.165, 1.54) is 0 Å². The number of aromatic nitrogens is 2. The van der Waals surface area contributed by atoms with E-state index in [1.807, 2.05) is 34.6 Å². The molecule has 0 bridgehead atoms. The summed E-state index contributed by atoms with van der Waals surface area (Å²) in [5.41, 5.74) is 1.72. The maximum absolute atomic E-state index is 11.9. The summed E-state index contributed by atoms with van der Waals surface area (Å²) in [4.78, 5) is 22.0. The fraction of sp³-hybridized carbons (Fsp3) is 0.750. The summed E-state index contributed by atoms with van der Waals surface area (Å²) in [6.07, 6.45) is 1.73. The van der Waals surface area contributed by atoms with Crippen LogP contribution < -0.4 is 5.32 Å². The third-order valence-corrected chi connectivity index (χ3v) is 3.78. The number of hydrogen-bond donors (Lipinski definition) is 2. The van der Waals surface area contributed by atoms with Crippen molar-refractivity contribution in [1.82, 2.24) is 20.2 Å². The monoisotopic (exact) mass is 308 g/mol. The average molecular weight is 308 g/mol. The molecular weight excluding hydrogens is 280 g/mol. The molecule has 2 heterocycles. The number of alkyl carbamates (subject to hydrolysis) is 1. The first kappa shape index (κ1) is 16.8. The number of hydrogen-bond acceptors (Lipinski definition) is 4. The molecule has 0 unspecified atom stereocenters. The van der Waals surface area contributed by atoms with E-state index >= 15 is 0 Å². The molecule has 1 fully saturated rings. The fourth-order valence-electron chi connectivity index (χ4n) is 2.70. The Hall–Kier alpha value is -1.56. The van der Waals surface area contributed by atoms with E-state index in [0.29, 0.717) is 0 Å². The van der Waals surface area contributed by atoms with Crippen LogP contribution in [0.5, 0.6) is 0 Å². The second-order valence-electron chi connectivity index (χ2n) is 7.11. The van der Waals surface area contributed by atoms with Crippen LogP contribution in [0, 0.1) is 13.8 Å². The van der Waals surface area contributed by atoms with Crippen LogP contribution in [0.25, 0.3) is 0 Å². The molecule has 6 nitrogen and oxygen atoms in total. The number of nitrogens with zero attached hydrogens (tertiary/aromatic N) is 2. The van der Waals surface area contributed by atoms with Crippen molar-refractivity contribution in [2.45, 2.75) is 65.6 Å². The number of aryl methyl sites for hydroxylation is 2.